The van der Waals surface area contributed by atoms with Crippen LogP contribution < -0.4 is 11.1 Å². The topological polar surface area (TPSA) is 102 Å². The van der Waals surface area contributed by atoms with Gasteiger partial charge < -0.3 is 20.7 Å². The summed E-state index contributed by atoms with van der Waals surface area (Å²) < 4.78 is 5.06. The number of nitrogens with one attached hydrogen (secondary N) is 1. The molecule has 0 aliphatic carbocycles. The number of ether oxygens (including phenoxy) is 1. The highest BCUT2D eigenvalue weighted by atomic mass is 16.5. The first-order valence-corrected chi connectivity index (χ1v) is 8.09. The molecule has 1 fully saturated rings. The Kier molecular flexibility index (Phi) is 6.17. The van der Waals surface area contributed by atoms with Gasteiger partial charge in [-0.25, -0.2) is 4.79 Å². The van der Waals surface area contributed by atoms with Gasteiger partial charge in [0.2, 0.25) is 0 Å². The van der Waals surface area contributed by atoms with E-state index in [4.69, 9.17) is 10.5 Å². The van der Waals surface area contributed by atoms with Crippen LogP contribution in [0.2, 0.25) is 0 Å². The highest BCUT2D eigenvalue weighted by Gasteiger charge is 2.29. The minimum Gasteiger partial charge on any atom is -0.466 e. The van der Waals surface area contributed by atoms with Crippen molar-refractivity contribution >= 4 is 17.9 Å². The van der Waals surface area contributed by atoms with Crippen LogP contribution in [0.25, 0.3) is 0 Å². The number of primary amides is 1. The van der Waals surface area contributed by atoms with Crippen LogP contribution in [0.15, 0.2) is 24.3 Å². The van der Waals surface area contributed by atoms with E-state index >= 15 is 0 Å². The number of piperidine rings is 1. The number of urea groups is 1. The minimum atomic E-state index is -0.589. The van der Waals surface area contributed by atoms with Gasteiger partial charge in [-0.1, -0.05) is 12.1 Å². The lowest BCUT2D eigenvalue weighted by atomic mass is 9.97. The Hall–Kier alpha value is -2.57. The van der Waals surface area contributed by atoms with E-state index in [9.17, 15) is 14.4 Å². The fraction of sp³-hybridized carbons (Fsp3) is 0.471. The van der Waals surface area contributed by atoms with Gasteiger partial charge in [-0.15, -0.1) is 0 Å². The van der Waals surface area contributed by atoms with Crippen LogP contribution in [0.4, 0.5) is 4.79 Å². The maximum absolute atomic E-state index is 12.6. The maximum atomic E-state index is 12.6. The molecule has 1 aliphatic heterocycles. The number of amides is 3. The summed E-state index contributed by atoms with van der Waals surface area (Å²) in [6, 6.07) is 6.39. The molecule has 1 heterocycles. The highest BCUT2D eigenvalue weighted by molar-refractivity contribution is 5.94. The average Bonchev–Trinajstić information content (AvgIpc) is 2.60. The lowest BCUT2D eigenvalue weighted by Crippen LogP contribution is -2.42. The number of rotatable bonds is 5. The second kappa shape index (κ2) is 8.33. The zero-order valence-electron chi connectivity index (χ0n) is 13.8. The van der Waals surface area contributed by atoms with Gasteiger partial charge in [0.1, 0.15) is 0 Å². The Balaban J connectivity index is 1.97. The standard InChI is InChI=1S/C17H23N3O4/c1-2-24-16(22)14-4-3-9-20(11-14)15(21)13-7-5-12(6-8-13)10-19-17(18)23/h5-8,14H,2-4,9-11H2,1H3,(H3,18,19,23)/t14-/m0/s1. The van der Waals surface area contributed by atoms with Gasteiger partial charge >= 0.3 is 12.0 Å². The third-order valence-corrected chi connectivity index (χ3v) is 4.00. The van der Waals surface area contributed by atoms with Gasteiger partial charge in [-0.3, -0.25) is 9.59 Å². The van der Waals surface area contributed by atoms with E-state index in [2.05, 4.69) is 5.32 Å². The predicted octanol–water partition coefficient (Wildman–Crippen LogP) is 1.27. The second-order valence-electron chi connectivity index (χ2n) is 5.76. The van der Waals surface area contributed by atoms with Gasteiger partial charge in [0.05, 0.1) is 12.5 Å². The number of nitrogens with zero attached hydrogens (tertiary/aromatic N) is 1. The number of hydrogen-bond acceptors (Lipinski definition) is 4. The van der Waals surface area contributed by atoms with E-state index in [0.717, 1.165) is 18.4 Å². The van der Waals surface area contributed by atoms with Gasteiger partial charge in [0.15, 0.2) is 0 Å². The van der Waals surface area contributed by atoms with Gasteiger partial charge in [-0.05, 0) is 37.5 Å². The summed E-state index contributed by atoms with van der Waals surface area (Å²) in [4.78, 5) is 36.9. The molecular weight excluding hydrogens is 310 g/mol. The summed E-state index contributed by atoms with van der Waals surface area (Å²) in [6.45, 7) is 3.48. The van der Waals surface area contributed by atoms with E-state index in [1.54, 1.807) is 36.1 Å². The number of nitrogens with two attached hydrogens (primary N) is 1. The lowest BCUT2D eigenvalue weighted by molar-refractivity contribution is -0.149. The second-order valence-corrected chi connectivity index (χ2v) is 5.76. The zero-order valence-corrected chi connectivity index (χ0v) is 13.8. The summed E-state index contributed by atoms with van der Waals surface area (Å²) in [7, 11) is 0. The number of hydrogen-bond donors (Lipinski definition) is 2. The molecule has 0 saturated carbocycles. The smallest absolute Gasteiger partial charge is 0.312 e. The van der Waals surface area contributed by atoms with Crippen molar-refractivity contribution in [3.05, 3.63) is 35.4 Å². The molecule has 3 N–H and O–H groups in total. The Morgan fingerprint density at radius 1 is 1.29 bits per heavy atom. The average molecular weight is 333 g/mol. The molecule has 2 rings (SSSR count). The number of likely N-dealkylation sites (tertiary alicyclic amines) is 1. The SMILES string of the molecule is CCOC(=O)[C@H]1CCCN(C(=O)c2ccc(CNC(N)=O)cc2)C1. The molecule has 7 nitrogen and oxygen atoms in total. The number of benzene rings is 1. The maximum Gasteiger partial charge on any atom is 0.312 e. The third kappa shape index (κ3) is 4.71. The summed E-state index contributed by atoms with van der Waals surface area (Å²) >= 11 is 0. The van der Waals surface area contributed by atoms with Crippen molar-refractivity contribution in [1.29, 1.82) is 0 Å². The largest absolute Gasteiger partial charge is 0.466 e. The Bertz CT molecular complexity index is 600. The predicted molar refractivity (Wildman–Crippen MR) is 88.1 cm³/mol. The van der Waals surface area contributed by atoms with Crippen LogP contribution in [0.3, 0.4) is 0 Å². The molecule has 24 heavy (non-hydrogen) atoms. The van der Waals surface area contributed by atoms with Crippen LogP contribution in [-0.2, 0) is 16.1 Å². The molecule has 7 heteroatoms. The molecule has 1 saturated heterocycles. The van der Waals surface area contributed by atoms with Crippen molar-refractivity contribution in [3.8, 4) is 0 Å². The van der Waals surface area contributed by atoms with E-state index in [1.165, 1.54) is 0 Å². The van der Waals surface area contributed by atoms with Gasteiger partial charge in [0.25, 0.3) is 5.91 Å². The zero-order chi connectivity index (χ0) is 17.5. The molecule has 1 aromatic carbocycles. The molecule has 3 amide bonds. The first-order valence-electron chi connectivity index (χ1n) is 8.09. The van der Waals surface area contributed by atoms with Crippen molar-refractivity contribution in [2.75, 3.05) is 19.7 Å². The summed E-state index contributed by atoms with van der Waals surface area (Å²) in [5.41, 5.74) is 6.44. The van der Waals surface area contributed by atoms with Crippen molar-refractivity contribution in [1.82, 2.24) is 10.2 Å². The third-order valence-electron chi connectivity index (χ3n) is 4.00. The fourth-order valence-corrected chi connectivity index (χ4v) is 2.75. The van der Waals surface area contributed by atoms with Crippen LogP contribution in [-0.4, -0.2) is 42.5 Å². The number of carbonyl (C=O) groups is 3. The summed E-state index contributed by atoms with van der Waals surface area (Å²) in [6.07, 6.45) is 1.54. The Morgan fingerprint density at radius 3 is 2.62 bits per heavy atom. The summed E-state index contributed by atoms with van der Waals surface area (Å²) in [5.74, 6) is -0.581. The molecule has 1 aliphatic rings. The van der Waals surface area contributed by atoms with E-state index < -0.39 is 6.03 Å². The lowest BCUT2D eigenvalue weighted by Gasteiger charge is -2.31. The highest BCUT2D eigenvalue weighted by Crippen LogP contribution is 2.20. The quantitative estimate of drug-likeness (QED) is 0.792. The fourth-order valence-electron chi connectivity index (χ4n) is 2.75. The van der Waals surface area contributed by atoms with Crippen LogP contribution in [0.1, 0.15) is 35.7 Å². The molecule has 0 spiro atoms. The van der Waals surface area contributed by atoms with Crippen LogP contribution >= 0.6 is 0 Å². The van der Waals surface area contributed by atoms with Gasteiger partial charge in [0, 0.05) is 25.2 Å². The normalized spacial score (nSPS) is 17.2. The Morgan fingerprint density at radius 2 is 2.00 bits per heavy atom. The van der Waals surface area contributed by atoms with E-state index in [-0.39, 0.29) is 17.8 Å². The van der Waals surface area contributed by atoms with E-state index in [0.29, 0.717) is 31.8 Å². The monoisotopic (exact) mass is 333 g/mol. The molecule has 1 aromatic rings. The van der Waals surface area contributed by atoms with E-state index in [1.807, 2.05) is 0 Å². The Labute approximate surface area is 141 Å². The van der Waals surface area contributed by atoms with Crippen molar-refractivity contribution in [3.63, 3.8) is 0 Å². The molecule has 1 atom stereocenters. The number of carbonyl (C=O) groups excluding carboxylic acids is 3. The van der Waals surface area contributed by atoms with Crippen molar-refractivity contribution in [2.24, 2.45) is 11.7 Å². The van der Waals surface area contributed by atoms with Crippen molar-refractivity contribution in [2.45, 2.75) is 26.3 Å². The summed E-state index contributed by atoms with van der Waals surface area (Å²) in [5, 5.41) is 2.50. The molecular formula is C17H23N3O4. The molecule has 0 unspecified atom stereocenters. The van der Waals surface area contributed by atoms with Crippen LogP contribution in [0.5, 0.6) is 0 Å². The van der Waals surface area contributed by atoms with Crippen LogP contribution in [0, 0.1) is 5.92 Å². The molecule has 130 valence electrons. The first kappa shape index (κ1) is 17.8. The minimum absolute atomic E-state index is 0.0987. The van der Waals surface area contributed by atoms with Gasteiger partial charge in [-0.2, -0.15) is 0 Å². The first-order chi connectivity index (χ1) is 11.5. The molecule has 0 radical (unpaired) electrons. The van der Waals surface area contributed by atoms with Crippen molar-refractivity contribution < 1.29 is 19.1 Å². The molecule has 0 bridgehead atoms. The number of esters is 1. The molecule has 0 aromatic heterocycles.